The summed E-state index contributed by atoms with van der Waals surface area (Å²) >= 11 is 1.71. The normalized spacial score (nSPS) is 13.4. The van der Waals surface area contributed by atoms with Crippen LogP contribution in [-0.4, -0.2) is 10.1 Å². The van der Waals surface area contributed by atoms with E-state index in [0.29, 0.717) is 11.7 Å². The van der Waals surface area contributed by atoms with Crippen LogP contribution in [0.15, 0.2) is 70.6 Å². The third kappa shape index (κ3) is 3.84. The summed E-state index contributed by atoms with van der Waals surface area (Å²) in [4.78, 5) is 5.47. The molecule has 2 aromatic carbocycles. The molecule has 0 saturated carbocycles. The predicted octanol–water partition coefficient (Wildman–Crippen LogP) is 5.19. The lowest BCUT2D eigenvalue weighted by atomic mass is 9.91. The van der Waals surface area contributed by atoms with E-state index < -0.39 is 0 Å². The standard InChI is InChI=1S/C22H21N3OS/c1-15-24-21(25-26-15)19-11-9-18(10-12-19)17-7-5-16(6-8-17)14-22(2,23)20-4-3-13-27-20/h3-13H,14,23H2,1-2H3. The molecule has 5 heteroatoms. The van der Waals surface area contributed by atoms with E-state index in [0.717, 1.165) is 17.5 Å². The molecule has 0 amide bonds. The molecule has 1 unspecified atom stereocenters. The summed E-state index contributed by atoms with van der Waals surface area (Å²) in [5.41, 5.74) is 10.7. The smallest absolute Gasteiger partial charge is 0.223 e. The molecule has 0 fully saturated rings. The average Bonchev–Trinajstić information content (AvgIpc) is 3.34. The van der Waals surface area contributed by atoms with Gasteiger partial charge < -0.3 is 10.3 Å². The molecule has 27 heavy (non-hydrogen) atoms. The van der Waals surface area contributed by atoms with Crippen molar-refractivity contribution in [2.75, 3.05) is 0 Å². The van der Waals surface area contributed by atoms with E-state index in [2.05, 4.69) is 64.9 Å². The molecule has 4 nitrogen and oxygen atoms in total. The van der Waals surface area contributed by atoms with E-state index >= 15 is 0 Å². The maximum Gasteiger partial charge on any atom is 0.223 e. The van der Waals surface area contributed by atoms with Gasteiger partial charge in [0.15, 0.2) is 0 Å². The van der Waals surface area contributed by atoms with Crippen LogP contribution in [0.25, 0.3) is 22.5 Å². The maximum atomic E-state index is 6.53. The van der Waals surface area contributed by atoms with Gasteiger partial charge >= 0.3 is 0 Å². The molecule has 2 heterocycles. The van der Waals surface area contributed by atoms with E-state index in [1.54, 1.807) is 18.3 Å². The third-order valence-corrected chi connectivity index (χ3v) is 5.76. The Morgan fingerprint density at radius 1 is 0.963 bits per heavy atom. The Bertz CT molecular complexity index is 1020. The Morgan fingerprint density at radius 3 is 2.15 bits per heavy atom. The topological polar surface area (TPSA) is 64.9 Å². The molecule has 0 radical (unpaired) electrons. The summed E-state index contributed by atoms with van der Waals surface area (Å²) in [6.45, 7) is 3.88. The van der Waals surface area contributed by atoms with E-state index in [1.165, 1.54) is 16.0 Å². The Labute approximate surface area is 162 Å². The molecule has 1 atom stereocenters. The van der Waals surface area contributed by atoms with E-state index in [1.807, 2.05) is 18.2 Å². The van der Waals surface area contributed by atoms with Gasteiger partial charge in [-0.2, -0.15) is 4.98 Å². The molecular formula is C22H21N3OS. The van der Waals surface area contributed by atoms with Gasteiger partial charge in [0.2, 0.25) is 11.7 Å². The van der Waals surface area contributed by atoms with Crippen LogP contribution >= 0.6 is 11.3 Å². The second-order valence-electron chi connectivity index (χ2n) is 6.98. The minimum atomic E-state index is -0.347. The number of benzene rings is 2. The Kier molecular flexibility index (Phi) is 4.64. The van der Waals surface area contributed by atoms with Crippen LogP contribution in [0.5, 0.6) is 0 Å². The number of hydrogen-bond donors (Lipinski definition) is 1. The summed E-state index contributed by atoms with van der Waals surface area (Å²) in [6.07, 6.45) is 0.809. The van der Waals surface area contributed by atoms with Crippen LogP contribution in [0.3, 0.4) is 0 Å². The zero-order valence-electron chi connectivity index (χ0n) is 15.3. The fourth-order valence-corrected chi connectivity index (χ4v) is 3.96. The minimum absolute atomic E-state index is 0.347. The first kappa shape index (κ1) is 17.6. The van der Waals surface area contributed by atoms with Crippen molar-refractivity contribution in [1.82, 2.24) is 10.1 Å². The van der Waals surface area contributed by atoms with Crippen molar-refractivity contribution in [3.05, 3.63) is 82.4 Å². The molecule has 2 N–H and O–H groups in total. The highest BCUT2D eigenvalue weighted by Crippen LogP contribution is 2.28. The second kappa shape index (κ2) is 7.10. The fraction of sp³-hybridized carbons (Fsp3) is 0.182. The monoisotopic (exact) mass is 375 g/mol. The van der Waals surface area contributed by atoms with Gasteiger partial charge in [-0.05, 0) is 41.5 Å². The minimum Gasteiger partial charge on any atom is -0.339 e. The van der Waals surface area contributed by atoms with Crippen LogP contribution in [0.1, 0.15) is 23.3 Å². The van der Waals surface area contributed by atoms with E-state index in [4.69, 9.17) is 10.3 Å². The highest BCUT2D eigenvalue weighted by atomic mass is 32.1. The summed E-state index contributed by atoms with van der Waals surface area (Å²) in [7, 11) is 0. The number of nitrogens with two attached hydrogens (primary N) is 1. The lowest BCUT2D eigenvalue weighted by Gasteiger charge is -2.23. The number of rotatable bonds is 5. The van der Waals surface area contributed by atoms with Crippen molar-refractivity contribution in [3.8, 4) is 22.5 Å². The van der Waals surface area contributed by atoms with Gasteiger partial charge in [-0.1, -0.05) is 59.8 Å². The largest absolute Gasteiger partial charge is 0.339 e. The maximum absolute atomic E-state index is 6.53. The van der Waals surface area contributed by atoms with Crippen LogP contribution in [0, 0.1) is 6.92 Å². The molecule has 0 bridgehead atoms. The van der Waals surface area contributed by atoms with Crippen LogP contribution in [-0.2, 0) is 12.0 Å². The van der Waals surface area contributed by atoms with Crippen LogP contribution < -0.4 is 5.73 Å². The Morgan fingerprint density at radius 2 is 1.59 bits per heavy atom. The quantitative estimate of drug-likeness (QED) is 0.521. The van der Waals surface area contributed by atoms with Gasteiger partial charge in [0.05, 0.1) is 5.54 Å². The van der Waals surface area contributed by atoms with Gasteiger partial charge in [0.25, 0.3) is 0 Å². The van der Waals surface area contributed by atoms with Gasteiger partial charge in [-0.25, -0.2) is 0 Å². The molecule has 0 spiro atoms. The number of hydrogen-bond acceptors (Lipinski definition) is 5. The summed E-state index contributed by atoms with van der Waals surface area (Å²) < 4.78 is 5.04. The molecule has 0 aliphatic rings. The number of nitrogens with zero attached hydrogens (tertiary/aromatic N) is 2. The van der Waals surface area contributed by atoms with E-state index in [-0.39, 0.29) is 5.54 Å². The number of aromatic nitrogens is 2. The van der Waals surface area contributed by atoms with Crippen molar-refractivity contribution in [2.45, 2.75) is 25.8 Å². The Hall–Kier alpha value is -2.76. The first-order chi connectivity index (χ1) is 13.0. The molecule has 0 saturated heterocycles. The molecule has 4 rings (SSSR count). The number of aryl methyl sites for hydroxylation is 1. The van der Waals surface area contributed by atoms with Crippen LogP contribution in [0.2, 0.25) is 0 Å². The molecule has 0 aliphatic heterocycles. The molecule has 4 aromatic rings. The van der Waals surface area contributed by atoms with Crippen molar-refractivity contribution >= 4 is 11.3 Å². The summed E-state index contributed by atoms with van der Waals surface area (Å²) in [6, 6.07) is 20.9. The van der Waals surface area contributed by atoms with Gasteiger partial charge in [-0.15, -0.1) is 11.3 Å². The molecular weight excluding hydrogens is 354 g/mol. The van der Waals surface area contributed by atoms with Gasteiger partial charge in [0.1, 0.15) is 0 Å². The average molecular weight is 375 g/mol. The predicted molar refractivity (Wildman–Crippen MR) is 109 cm³/mol. The molecule has 136 valence electrons. The first-order valence-corrected chi connectivity index (χ1v) is 9.72. The lowest BCUT2D eigenvalue weighted by Crippen LogP contribution is -2.34. The van der Waals surface area contributed by atoms with E-state index in [9.17, 15) is 0 Å². The van der Waals surface area contributed by atoms with Gasteiger partial charge in [-0.3, -0.25) is 0 Å². The third-order valence-electron chi connectivity index (χ3n) is 4.61. The van der Waals surface area contributed by atoms with Crippen molar-refractivity contribution in [2.24, 2.45) is 5.73 Å². The first-order valence-electron chi connectivity index (χ1n) is 8.84. The lowest BCUT2D eigenvalue weighted by molar-refractivity contribution is 0.394. The highest BCUT2D eigenvalue weighted by Gasteiger charge is 2.22. The second-order valence-corrected chi connectivity index (χ2v) is 7.93. The molecule has 0 aliphatic carbocycles. The molecule has 2 aromatic heterocycles. The zero-order valence-corrected chi connectivity index (χ0v) is 16.2. The highest BCUT2D eigenvalue weighted by molar-refractivity contribution is 7.10. The Balaban J connectivity index is 1.50. The van der Waals surface area contributed by atoms with Crippen molar-refractivity contribution < 1.29 is 4.52 Å². The summed E-state index contributed by atoms with van der Waals surface area (Å²) in [5, 5.41) is 6.03. The SMILES string of the molecule is Cc1nc(-c2ccc(-c3ccc(CC(C)(N)c4cccs4)cc3)cc2)no1. The zero-order chi connectivity index (χ0) is 18.9. The van der Waals surface area contributed by atoms with Crippen LogP contribution in [0.4, 0.5) is 0 Å². The van der Waals surface area contributed by atoms with Crippen molar-refractivity contribution in [3.63, 3.8) is 0 Å². The summed E-state index contributed by atoms with van der Waals surface area (Å²) in [5.74, 6) is 1.18. The van der Waals surface area contributed by atoms with Gasteiger partial charge in [0, 0.05) is 17.4 Å². The number of thiophene rings is 1. The fourth-order valence-electron chi connectivity index (χ4n) is 3.16. The van der Waals surface area contributed by atoms with Crippen molar-refractivity contribution in [1.29, 1.82) is 0 Å².